The van der Waals surface area contributed by atoms with Crippen molar-refractivity contribution in [2.45, 2.75) is 44.7 Å². The molecule has 2 aliphatic rings. The molecule has 1 saturated heterocycles. The lowest BCUT2D eigenvalue weighted by Crippen LogP contribution is -2.39. The highest BCUT2D eigenvalue weighted by atomic mass is 35.5. The van der Waals surface area contributed by atoms with Crippen LogP contribution in [0.5, 0.6) is 0 Å². The molecule has 2 atom stereocenters. The van der Waals surface area contributed by atoms with Crippen molar-refractivity contribution in [1.82, 2.24) is 10.2 Å². The summed E-state index contributed by atoms with van der Waals surface area (Å²) < 4.78 is 0. The monoisotopic (exact) mass is 292 g/mol. The van der Waals surface area contributed by atoms with Crippen LogP contribution in [0.2, 0.25) is 5.02 Å². The Hall–Kier alpha value is -0.570. The molecule has 0 radical (unpaired) electrons. The summed E-state index contributed by atoms with van der Waals surface area (Å²) in [6.45, 7) is 5.85. The average Bonchev–Trinajstić information content (AvgIpc) is 3.19. The number of rotatable bonds is 6. The minimum absolute atomic E-state index is 0.520. The number of likely N-dealkylation sites (tertiary alicyclic amines) is 1. The zero-order valence-corrected chi connectivity index (χ0v) is 13.1. The van der Waals surface area contributed by atoms with Crippen molar-refractivity contribution in [2.75, 3.05) is 19.6 Å². The summed E-state index contributed by atoms with van der Waals surface area (Å²) in [6, 6.07) is 9.65. The molecule has 1 aromatic carbocycles. The summed E-state index contributed by atoms with van der Waals surface area (Å²) in [5.74, 6) is 0.827. The normalized spacial score (nSPS) is 25.0. The van der Waals surface area contributed by atoms with E-state index in [0.717, 1.165) is 23.5 Å². The van der Waals surface area contributed by atoms with E-state index in [-0.39, 0.29) is 0 Å². The second kappa shape index (κ2) is 6.46. The minimum Gasteiger partial charge on any atom is -0.308 e. The van der Waals surface area contributed by atoms with Crippen molar-refractivity contribution >= 4 is 11.6 Å². The molecule has 20 heavy (non-hydrogen) atoms. The standard InChI is InChI=1S/C17H25ClN2/c1-2-20-11-3-4-16(20)12-19-17(13-5-6-13)14-7-9-15(18)10-8-14/h7-10,13,16-17,19H,2-6,11-12H2,1H3. The number of likely N-dealkylation sites (N-methyl/N-ethyl adjacent to an activating group) is 1. The molecule has 3 rings (SSSR count). The van der Waals surface area contributed by atoms with Crippen molar-refractivity contribution in [3.8, 4) is 0 Å². The zero-order chi connectivity index (χ0) is 13.9. The van der Waals surface area contributed by atoms with Crippen LogP contribution in [0, 0.1) is 5.92 Å². The third-order valence-electron chi connectivity index (χ3n) is 4.80. The van der Waals surface area contributed by atoms with E-state index < -0.39 is 0 Å². The molecule has 2 fully saturated rings. The van der Waals surface area contributed by atoms with Crippen LogP contribution in [-0.4, -0.2) is 30.6 Å². The number of hydrogen-bond acceptors (Lipinski definition) is 2. The molecule has 110 valence electrons. The van der Waals surface area contributed by atoms with E-state index in [2.05, 4.69) is 29.3 Å². The van der Waals surface area contributed by atoms with Gasteiger partial charge in [0, 0.05) is 23.7 Å². The predicted molar refractivity (Wildman–Crippen MR) is 85.2 cm³/mol. The van der Waals surface area contributed by atoms with Crippen molar-refractivity contribution in [1.29, 1.82) is 0 Å². The summed E-state index contributed by atoms with van der Waals surface area (Å²) in [5, 5.41) is 4.67. The molecule has 2 nitrogen and oxygen atoms in total. The highest BCUT2D eigenvalue weighted by molar-refractivity contribution is 6.30. The first-order valence-electron chi connectivity index (χ1n) is 8.01. The van der Waals surface area contributed by atoms with Crippen LogP contribution in [-0.2, 0) is 0 Å². The zero-order valence-electron chi connectivity index (χ0n) is 12.3. The Balaban J connectivity index is 1.61. The molecule has 1 saturated carbocycles. The van der Waals surface area contributed by atoms with Gasteiger partial charge in [-0.3, -0.25) is 4.90 Å². The molecular weight excluding hydrogens is 268 g/mol. The Kier molecular flexibility index (Phi) is 4.65. The molecule has 3 heteroatoms. The van der Waals surface area contributed by atoms with Gasteiger partial charge in [-0.1, -0.05) is 30.7 Å². The highest BCUT2D eigenvalue weighted by Gasteiger charge is 2.33. The number of nitrogens with one attached hydrogen (secondary N) is 1. The van der Waals surface area contributed by atoms with Crippen molar-refractivity contribution in [2.24, 2.45) is 5.92 Å². The van der Waals surface area contributed by atoms with Crippen LogP contribution >= 0.6 is 11.6 Å². The van der Waals surface area contributed by atoms with Crippen molar-refractivity contribution in [3.05, 3.63) is 34.9 Å². The number of hydrogen-bond donors (Lipinski definition) is 1. The predicted octanol–water partition coefficient (Wildman–Crippen LogP) is 3.87. The van der Waals surface area contributed by atoms with Gasteiger partial charge in [0.2, 0.25) is 0 Å². The maximum absolute atomic E-state index is 6.00. The van der Waals surface area contributed by atoms with E-state index in [1.54, 1.807) is 0 Å². The molecule has 1 aromatic rings. The molecule has 1 N–H and O–H groups in total. The SMILES string of the molecule is CCN1CCCC1CNC(c1ccc(Cl)cc1)C1CC1. The Morgan fingerprint density at radius 1 is 1.25 bits per heavy atom. The second-order valence-electron chi connectivity index (χ2n) is 6.20. The van der Waals surface area contributed by atoms with Crippen LogP contribution < -0.4 is 5.32 Å². The Labute approximate surface area is 127 Å². The number of nitrogens with zero attached hydrogens (tertiary/aromatic N) is 1. The minimum atomic E-state index is 0.520. The van der Waals surface area contributed by atoms with Gasteiger partial charge in [-0.15, -0.1) is 0 Å². The molecule has 1 aliphatic carbocycles. The maximum atomic E-state index is 6.00. The smallest absolute Gasteiger partial charge is 0.0406 e. The van der Waals surface area contributed by atoms with E-state index in [9.17, 15) is 0 Å². The maximum Gasteiger partial charge on any atom is 0.0406 e. The molecule has 0 aromatic heterocycles. The molecule has 1 aliphatic heterocycles. The first-order chi connectivity index (χ1) is 9.78. The summed E-state index contributed by atoms with van der Waals surface area (Å²) in [4.78, 5) is 2.61. The first-order valence-corrected chi connectivity index (χ1v) is 8.38. The van der Waals surface area contributed by atoms with Gasteiger partial charge in [-0.25, -0.2) is 0 Å². The van der Waals surface area contributed by atoms with E-state index in [0.29, 0.717) is 6.04 Å². The van der Waals surface area contributed by atoms with Gasteiger partial charge < -0.3 is 5.32 Å². The third-order valence-corrected chi connectivity index (χ3v) is 5.05. The van der Waals surface area contributed by atoms with Gasteiger partial charge in [0.05, 0.1) is 0 Å². The molecule has 0 bridgehead atoms. The van der Waals surface area contributed by atoms with Gasteiger partial charge >= 0.3 is 0 Å². The van der Waals surface area contributed by atoms with Gasteiger partial charge in [-0.05, 0) is 62.4 Å². The van der Waals surface area contributed by atoms with Crippen molar-refractivity contribution < 1.29 is 0 Å². The van der Waals surface area contributed by atoms with Crippen LogP contribution in [0.4, 0.5) is 0 Å². The Bertz CT molecular complexity index is 427. The summed E-state index contributed by atoms with van der Waals surface area (Å²) >= 11 is 6.00. The second-order valence-corrected chi connectivity index (χ2v) is 6.64. The molecule has 0 amide bonds. The lowest BCUT2D eigenvalue weighted by atomic mass is 10.0. The highest BCUT2D eigenvalue weighted by Crippen LogP contribution is 2.41. The Morgan fingerprint density at radius 2 is 2.00 bits per heavy atom. The summed E-state index contributed by atoms with van der Waals surface area (Å²) in [6.07, 6.45) is 5.43. The van der Waals surface area contributed by atoms with Crippen LogP contribution in [0.3, 0.4) is 0 Å². The average molecular weight is 293 g/mol. The van der Waals surface area contributed by atoms with E-state index in [4.69, 9.17) is 11.6 Å². The van der Waals surface area contributed by atoms with Crippen LogP contribution in [0.1, 0.15) is 44.2 Å². The van der Waals surface area contributed by atoms with E-state index in [1.807, 2.05) is 12.1 Å². The number of benzene rings is 1. The lowest BCUT2D eigenvalue weighted by molar-refractivity contribution is 0.251. The van der Waals surface area contributed by atoms with E-state index in [1.165, 1.54) is 44.3 Å². The fraction of sp³-hybridized carbons (Fsp3) is 0.647. The fourth-order valence-corrected chi connectivity index (χ4v) is 3.59. The third kappa shape index (κ3) is 3.36. The van der Waals surface area contributed by atoms with E-state index >= 15 is 0 Å². The van der Waals surface area contributed by atoms with Crippen LogP contribution in [0.25, 0.3) is 0 Å². The topological polar surface area (TPSA) is 15.3 Å². The number of halogens is 1. The summed E-state index contributed by atoms with van der Waals surface area (Å²) in [7, 11) is 0. The van der Waals surface area contributed by atoms with Crippen LogP contribution in [0.15, 0.2) is 24.3 Å². The molecule has 2 unspecified atom stereocenters. The summed E-state index contributed by atoms with van der Waals surface area (Å²) in [5.41, 5.74) is 1.40. The van der Waals surface area contributed by atoms with Crippen molar-refractivity contribution in [3.63, 3.8) is 0 Å². The molecule has 0 spiro atoms. The van der Waals surface area contributed by atoms with Gasteiger partial charge in [0.1, 0.15) is 0 Å². The largest absolute Gasteiger partial charge is 0.308 e. The van der Waals surface area contributed by atoms with Gasteiger partial charge in [0.15, 0.2) is 0 Å². The Morgan fingerprint density at radius 3 is 2.65 bits per heavy atom. The molecule has 1 heterocycles. The quantitative estimate of drug-likeness (QED) is 0.856. The van der Waals surface area contributed by atoms with Gasteiger partial charge in [-0.2, -0.15) is 0 Å². The molecular formula is C17H25ClN2. The fourth-order valence-electron chi connectivity index (χ4n) is 3.46. The lowest BCUT2D eigenvalue weighted by Gasteiger charge is -2.26. The van der Waals surface area contributed by atoms with Gasteiger partial charge in [0.25, 0.3) is 0 Å². The first kappa shape index (κ1) is 14.4.